The zero-order chi connectivity index (χ0) is 14.2. The summed E-state index contributed by atoms with van der Waals surface area (Å²) in [4.78, 5) is 4.62. The Bertz CT molecular complexity index is 771. The van der Waals surface area contributed by atoms with E-state index in [1.54, 1.807) is 11.3 Å². The number of para-hydroxylation sites is 1. The van der Waals surface area contributed by atoms with Crippen molar-refractivity contribution in [3.05, 3.63) is 53.6 Å². The number of nitrogens with zero attached hydrogens (tertiary/aromatic N) is 1. The van der Waals surface area contributed by atoms with Crippen LogP contribution in [0.3, 0.4) is 0 Å². The van der Waals surface area contributed by atoms with Crippen molar-refractivity contribution in [1.82, 2.24) is 4.98 Å². The number of fused-ring (bicyclic) bond motifs is 2. The maximum Gasteiger partial charge on any atom is 0.183 e. The second-order valence-electron chi connectivity index (χ2n) is 5.42. The molecule has 0 fully saturated rings. The van der Waals surface area contributed by atoms with Crippen molar-refractivity contribution < 1.29 is 4.74 Å². The molecule has 4 heteroatoms. The fraction of sp³-hybridized carbons (Fsp3) is 0.235. The van der Waals surface area contributed by atoms with Gasteiger partial charge in [-0.1, -0.05) is 35.6 Å². The summed E-state index contributed by atoms with van der Waals surface area (Å²) >= 11 is 1.70. The molecular weight excluding hydrogens is 280 g/mol. The molecule has 1 aliphatic heterocycles. The summed E-state index contributed by atoms with van der Waals surface area (Å²) in [5, 5.41) is 4.38. The molecule has 1 unspecified atom stereocenters. The average Bonchev–Trinajstić information content (AvgIpc) is 3.07. The maximum atomic E-state index is 5.94. The Morgan fingerprint density at radius 3 is 3.10 bits per heavy atom. The van der Waals surface area contributed by atoms with Gasteiger partial charge in [0.15, 0.2) is 5.13 Å². The summed E-state index contributed by atoms with van der Waals surface area (Å²) in [7, 11) is 0. The highest BCUT2D eigenvalue weighted by Crippen LogP contribution is 2.30. The Hall–Kier alpha value is -2.07. The van der Waals surface area contributed by atoms with Crippen LogP contribution in [0.4, 0.5) is 5.13 Å². The van der Waals surface area contributed by atoms with Gasteiger partial charge < -0.3 is 10.1 Å². The summed E-state index contributed by atoms with van der Waals surface area (Å²) in [6, 6.07) is 14.6. The van der Waals surface area contributed by atoms with E-state index in [0.717, 1.165) is 29.4 Å². The van der Waals surface area contributed by atoms with Crippen LogP contribution in [0, 0.1) is 6.92 Å². The van der Waals surface area contributed by atoms with Crippen LogP contribution in [0.2, 0.25) is 0 Å². The summed E-state index contributed by atoms with van der Waals surface area (Å²) in [5.41, 5.74) is 3.63. The molecule has 0 aliphatic carbocycles. The molecule has 0 amide bonds. The number of benzene rings is 2. The Kier molecular flexibility index (Phi) is 3.04. The highest BCUT2D eigenvalue weighted by atomic mass is 32.1. The van der Waals surface area contributed by atoms with Crippen molar-refractivity contribution in [1.29, 1.82) is 0 Å². The number of aryl methyl sites for hydroxylation is 1. The second-order valence-corrected chi connectivity index (χ2v) is 6.45. The van der Waals surface area contributed by atoms with Crippen LogP contribution in [0.25, 0.3) is 10.2 Å². The minimum Gasteiger partial charge on any atom is -0.488 e. The Labute approximate surface area is 127 Å². The third kappa shape index (κ3) is 2.47. The lowest BCUT2D eigenvalue weighted by atomic mass is 10.1. The van der Waals surface area contributed by atoms with Crippen molar-refractivity contribution in [3.63, 3.8) is 0 Å². The van der Waals surface area contributed by atoms with Gasteiger partial charge in [-0.05, 0) is 36.2 Å². The van der Waals surface area contributed by atoms with Crippen LogP contribution in [0.15, 0.2) is 42.5 Å². The molecule has 2 heterocycles. The smallest absolute Gasteiger partial charge is 0.183 e. The Balaban J connectivity index is 1.45. The van der Waals surface area contributed by atoms with Crippen LogP contribution >= 0.6 is 11.3 Å². The SMILES string of the molecule is Cc1ccc2nc(NCC3Cc4ccccc4O3)sc2c1. The van der Waals surface area contributed by atoms with E-state index in [0.29, 0.717) is 0 Å². The van der Waals surface area contributed by atoms with E-state index in [1.165, 1.54) is 15.8 Å². The standard InChI is InChI=1S/C17H16N2OS/c1-11-6-7-14-16(8-11)21-17(19-14)18-10-13-9-12-4-2-3-5-15(12)20-13/h2-8,13H,9-10H2,1H3,(H,18,19). The van der Waals surface area contributed by atoms with Gasteiger partial charge in [0.05, 0.1) is 16.8 Å². The number of hydrogen-bond acceptors (Lipinski definition) is 4. The fourth-order valence-electron chi connectivity index (χ4n) is 2.68. The molecule has 0 saturated carbocycles. The van der Waals surface area contributed by atoms with Crippen LogP contribution in [0.5, 0.6) is 5.75 Å². The number of rotatable bonds is 3. The molecule has 2 aromatic carbocycles. The van der Waals surface area contributed by atoms with Crippen molar-refractivity contribution in [2.45, 2.75) is 19.4 Å². The normalized spacial score (nSPS) is 16.7. The van der Waals surface area contributed by atoms with Crippen LogP contribution in [0.1, 0.15) is 11.1 Å². The van der Waals surface area contributed by atoms with E-state index in [1.807, 2.05) is 12.1 Å². The summed E-state index contributed by atoms with van der Waals surface area (Å²) in [5.74, 6) is 1.02. The van der Waals surface area contributed by atoms with E-state index < -0.39 is 0 Å². The van der Waals surface area contributed by atoms with E-state index >= 15 is 0 Å². The number of thiazole rings is 1. The quantitative estimate of drug-likeness (QED) is 0.792. The van der Waals surface area contributed by atoms with Gasteiger partial charge in [0.2, 0.25) is 0 Å². The minimum absolute atomic E-state index is 0.191. The molecule has 0 bridgehead atoms. The Morgan fingerprint density at radius 1 is 1.29 bits per heavy atom. The first-order chi connectivity index (χ1) is 10.3. The molecule has 1 aliphatic rings. The van der Waals surface area contributed by atoms with E-state index in [9.17, 15) is 0 Å². The van der Waals surface area contributed by atoms with E-state index in [-0.39, 0.29) is 6.10 Å². The number of nitrogens with one attached hydrogen (secondary N) is 1. The van der Waals surface area contributed by atoms with Crippen molar-refractivity contribution in [2.24, 2.45) is 0 Å². The molecule has 3 nitrogen and oxygen atoms in total. The maximum absolute atomic E-state index is 5.94. The molecule has 4 rings (SSSR count). The monoisotopic (exact) mass is 296 g/mol. The van der Waals surface area contributed by atoms with Gasteiger partial charge in [0.25, 0.3) is 0 Å². The first-order valence-corrected chi connectivity index (χ1v) is 7.95. The predicted octanol–water partition coefficient (Wildman–Crippen LogP) is 4.02. The lowest BCUT2D eigenvalue weighted by Crippen LogP contribution is -2.23. The highest BCUT2D eigenvalue weighted by molar-refractivity contribution is 7.22. The lowest BCUT2D eigenvalue weighted by Gasteiger charge is -2.10. The van der Waals surface area contributed by atoms with Crippen molar-refractivity contribution >= 4 is 26.7 Å². The van der Waals surface area contributed by atoms with Gasteiger partial charge in [0.1, 0.15) is 11.9 Å². The zero-order valence-corrected chi connectivity index (χ0v) is 12.6. The van der Waals surface area contributed by atoms with Gasteiger partial charge in [-0.15, -0.1) is 0 Å². The van der Waals surface area contributed by atoms with Crippen LogP contribution in [-0.4, -0.2) is 17.6 Å². The number of ether oxygens (including phenoxy) is 1. The molecular formula is C17H16N2OS. The predicted molar refractivity (Wildman–Crippen MR) is 87.4 cm³/mol. The van der Waals surface area contributed by atoms with Gasteiger partial charge in [-0.2, -0.15) is 0 Å². The van der Waals surface area contributed by atoms with Gasteiger partial charge in [0, 0.05) is 6.42 Å². The molecule has 0 radical (unpaired) electrons. The molecule has 1 N–H and O–H groups in total. The van der Waals surface area contributed by atoms with Crippen LogP contribution in [-0.2, 0) is 6.42 Å². The molecule has 1 atom stereocenters. The number of anilines is 1. The van der Waals surface area contributed by atoms with E-state index in [4.69, 9.17) is 4.74 Å². The van der Waals surface area contributed by atoms with Gasteiger partial charge in [-0.25, -0.2) is 4.98 Å². The third-order valence-electron chi connectivity index (χ3n) is 3.74. The topological polar surface area (TPSA) is 34.2 Å². The highest BCUT2D eigenvalue weighted by Gasteiger charge is 2.22. The van der Waals surface area contributed by atoms with Gasteiger partial charge >= 0.3 is 0 Å². The summed E-state index contributed by atoms with van der Waals surface area (Å²) in [6.07, 6.45) is 1.16. The second kappa shape index (κ2) is 5.04. The molecule has 0 spiro atoms. The van der Waals surface area contributed by atoms with Crippen LogP contribution < -0.4 is 10.1 Å². The Morgan fingerprint density at radius 2 is 2.19 bits per heavy atom. The largest absolute Gasteiger partial charge is 0.488 e. The first-order valence-electron chi connectivity index (χ1n) is 7.13. The zero-order valence-electron chi connectivity index (χ0n) is 11.8. The van der Waals surface area contributed by atoms with E-state index in [2.05, 4.69) is 47.6 Å². The molecule has 106 valence electrons. The fourth-order valence-corrected chi connectivity index (χ4v) is 3.65. The number of aromatic nitrogens is 1. The first kappa shape index (κ1) is 12.7. The molecule has 3 aromatic rings. The average molecular weight is 296 g/mol. The summed E-state index contributed by atoms with van der Waals surface area (Å²) in [6.45, 7) is 2.89. The lowest BCUT2D eigenvalue weighted by molar-refractivity contribution is 0.246. The van der Waals surface area contributed by atoms with Gasteiger partial charge in [-0.3, -0.25) is 0 Å². The van der Waals surface area contributed by atoms with Crippen molar-refractivity contribution in [2.75, 3.05) is 11.9 Å². The molecule has 21 heavy (non-hydrogen) atoms. The minimum atomic E-state index is 0.191. The van der Waals surface area contributed by atoms with Crippen molar-refractivity contribution in [3.8, 4) is 5.75 Å². The molecule has 0 saturated heterocycles. The summed E-state index contributed by atoms with van der Waals surface area (Å²) < 4.78 is 7.17. The third-order valence-corrected chi connectivity index (χ3v) is 4.71. The molecule has 1 aromatic heterocycles. The number of hydrogen-bond donors (Lipinski definition) is 1.